The van der Waals surface area contributed by atoms with Gasteiger partial charge in [-0.3, -0.25) is 4.79 Å². The number of carbonyl (C=O) groups excluding carboxylic acids is 2. The number of aromatic amines is 1. The molecule has 0 saturated carbocycles. The van der Waals surface area contributed by atoms with Crippen LogP contribution >= 0.6 is 0 Å². The molecule has 3 heterocycles. The average Bonchev–Trinajstić information content (AvgIpc) is 3.43. The van der Waals surface area contributed by atoms with Gasteiger partial charge in [-0.2, -0.15) is 15.4 Å². The third kappa shape index (κ3) is 6.49. The minimum absolute atomic E-state index is 0.157. The number of amides is 3. The lowest BCUT2D eigenvalue weighted by atomic mass is 9.92. The number of likely N-dealkylation sites (tertiary alicyclic amines) is 2. The molecule has 2 fully saturated rings. The number of ether oxygens (including phenoxy) is 1. The number of hydrogen-bond acceptors (Lipinski definition) is 5. The zero-order valence-electron chi connectivity index (χ0n) is 18.6. The third-order valence-corrected chi connectivity index (χ3v) is 6.20. The Labute approximate surface area is 198 Å². The molecule has 2 unspecified atom stereocenters. The van der Waals surface area contributed by atoms with Crippen molar-refractivity contribution >= 4 is 18.0 Å². The summed E-state index contributed by atoms with van der Waals surface area (Å²) in [7, 11) is 0. The van der Waals surface area contributed by atoms with Gasteiger partial charge in [-0.05, 0) is 48.4 Å². The molecule has 0 spiro atoms. The summed E-state index contributed by atoms with van der Waals surface area (Å²) in [4.78, 5) is 28.6. The standard InChI is InChI=1S/C22H24F4N6O3/c23-18-9-14(1-3-19(18)35-22(24,25)26)2-4-20(33)31-7-5-15-12-32(13-16(15)6-8-31)21(34)27-10-17-11-28-30-29-17/h1-4,9,11,15-16H,5-8,10,12-13H2,(H,27,34)(H,28,29,30). The number of H-pyrrole nitrogens is 1. The molecule has 188 valence electrons. The molecule has 2 atom stereocenters. The molecule has 13 heteroatoms. The lowest BCUT2D eigenvalue weighted by Gasteiger charge is -2.21. The van der Waals surface area contributed by atoms with Gasteiger partial charge in [0.05, 0.1) is 12.7 Å². The molecule has 1 aromatic carbocycles. The van der Waals surface area contributed by atoms with Gasteiger partial charge in [0.2, 0.25) is 5.91 Å². The molecule has 0 bridgehead atoms. The largest absolute Gasteiger partial charge is 0.573 e. The first-order chi connectivity index (χ1) is 16.7. The van der Waals surface area contributed by atoms with Crippen LogP contribution in [-0.4, -0.2) is 69.7 Å². The van der Waals surface area contributed by atoms with E-state index in [1.54, 1.807) is 16.0 Å². The minimum Gasteiger partial charge on any atom is -0.403 e. The summed E-state index contributed by atoms with van der Waals surface area (Å²) in [6.45, 7) is 2.55. The number of nitrogens with zero attached hydrogens (tertiary/aromatic N) is 4. The van der Waals surface area contributed by atoms with Gasteiger partial charge in [-0.15, -0.1) is 13.2 Å². The van der Waals surface area contributed by atoms with Gasteiger partial charge in [0.15, 0.2) is 11.6 Å². The molecule has 3 amide bonds. The van der Waals surface area contributed by atoms with Crippen LogP contribution < -0.4 is 10.1 Å². The van der Waals surface area contributed by atoms with Gasteiger partial charge in [0, 0.05) is 32.3 Å². The van der Waals surface area contributed by atoms with Crippen molar-refractivity contribution in [2.45, 2.75) is 25.7 Å². The second kappa shape index (κ2) is 10.3. The Bertz CT molecular complexity index is 1060. The Hall–Kier alpha value is -3.64. The third-order valence-electron chi connectivity index (χ3n) is 6.20. The number of aromatic nitrogens is 3. The van der Waals surface area contributed by atoms with Crippen LogP contribution in [0.5, 0.6) is 5.75 Å². The Balaban J connectivity index is 1.26. The number of alkyl halides is 3. The van der Waals surface area contributed by atoms with E-state index in [4.69, 9.17) is 0 Å². The minimum atomic E-state index is -4.99. The van der Waals surface area contributed by atoms with Crippen molar-refractivity contribution in [1.29, 1.82) is 0 Å². The van der Waals surface area contributed by atoms with Crippen molar-refractivity contribution in [3.8, 4) is 5.75 Å². The molecule has 0 aliphatic carbocycles. The van der Waals surface area contributed by atoms with Crippen LogP contribution in [-0.2, 0) is 11.3 Å². The molecule has 0 radical (unpaired) electrons. The summed E-state index contributed by atoms with van der Waals surface area (Å²) in [6, 6.07) is 2.83. The highest BCUT2D eigenvalue weighted by Gasteiger charge is 2.37. The summed E-state index contributed by atoms with van der Waals surface area (Å²) < 4.78 is 54.3. The predicted molar refractivity (Wildman–Crippen MR) is 115 cm³/mol. The van der Waals surface area contributed by atoms with Crippen LogP contribution in [0, 0.1) is 17.7 Å². The van der Waals surface area contributed by atoms with E-state index >= 15 is 0 Å². The number of urea groups is 1. The number of carbonyl (C=O) groups is 2. The smallest absolute Gasteiger partial charge is 0.403 e. The molecule has 2 aliphatic heterocycles. The fraction of sp³-hybridized carbons (Fsp3) is 0.455. The topological polar surface area (TPSA) is 103 Å². The van der Waals surface area contributed by atoms with Crippen molar-refractivity contribution in [1.82, 2.24) is 30.5 Å². The lowest BCUT2D eigenvalue weighted by Crippen LogP contribution is -2.39. The highest BCUT2D eigenvalue weighted by molar-refractivity contribution is 5.91. The molecule has 9 nitrogen and oxygen atoms in total. The summed E-state index contributed by atoms with van der Waals surface area (Å²) in [5.41, 5.74) is 0.881. The summed E-state index contributed by atoms with van der Waals surface area (Å²) in [5.74, 6) is -1.80. The highest BCUT2D eigenvalue weighted by Crippen LogP contribution is 2.32. The molecule has 1 aromatic heterocycles. The maximum Gasteiger partial charge on any atom is 0.573 e. The van der Waals surface area contributed by atoms with Gasteiger partial charge in [0.1, 0.15) is 5.69 Å². The van der Waals surface area contributed by atoms with Gasteiger partial charge in [-0.1, -0.05) is 6.07 Å². The summed E-state index contributed by atoms with van der Waals surface area (Å²) in [5, 5.41) is 12.9. The van der Waals surface area contributed by atoms with Crippen LogP contribution in [0.25, 0.3) is 6.08 Å². The molecule has 2 aromatic rings. The highest BCUT2D eigenvalue weighted by atomic mass is 19.4. The number of hydrogen-bond donors (Lipinski definition) is 2. The van der Waals surface area contributed by atoms with E-state index < -0.39 is 17.9 Å². The fourth-order valence-corrected chi connectivity index (χ4v) is 4.42. The number of benzene rings is 1. The van der Waals surface area contributed by atoms with Gasteiger partial charge >= 0.3 is 12.4 Å². The number of halogens is 4. The summed E-state index contributed by atoms with van der Waals surface area (Å²) in [6.07, 6.45) is 0.685. The van der Waals surface area contributed by atoms with Gasteiger partial charge in [0.25, 0.3) is 0 Å². The SMILES string of the molecule is O=C(C=Cc1ccc(OC(F)(F)F)c(F)c1)N1CCC2CN(C(=O)NCc3cn[nH]n3)CC2CC1. The zero-order valence-corrected chi connectivity index (χ0v) is 18.6. The van der Waals surface area contributed by atoms with E-state index in [1.807, 2.05) is 0 Å². The Morgan fingerprint density at radius 1 is 1.17 bits per heavy atom. The number of rotatable bonds is 5. The van der Waals surface area contributed by atoms with E-state index in [9.17, 15) is 27.2 Å². The first-order valence-electron chi connectivity index (χ1n) is 11.1. The molecule has 2 aliphatic rings. The molecular formula is C22H24F4N6O3. The predicted octanol–water partition coefficient (Wildman–Crippen LogP) is 2.94. The van der Waals surface area contributed by atoms with Gasteiger partial charge in [-0.25, -0.2) is 9.18 Å². The first kappa shape index (κ1) is 24.5. The van der Waals surface area contributed by atoms with E-state index in [2.05, 4.69) is 25.5 Å². The van der Waals surface area contributed by atoms with Crippen molar-refractivity contribution in [3.05, 3.63) is 47.5 Å². The second-order valence-electron chi connectivity index (χ2n) is 8.52. The van der Waals surface area contributed by atoms with Crippen LogP contribution in [0.3, 0.4) is 0 Å². The van der Waals surface area contributed by atoms with Crippen LogP contribution in [0.2, 0.25) is 0 Å². The second-order valence-corrected chi connectivity index (χ2v) is 8.52. The molecule has 4 rings (SSSR count). The Morgan fingerprint density at radius 3 is 2.49 bits per heavy atom. The lowest BCUT2D eigenvalue weighted by molar-refractivity contribution is -0.275. The first-order valence-corrected chi connectivity index (χ1v) is 11.1. The molecule has 35 heavy (non-hydrogen) atoms. The Kier molecular flexibility index (Phi) is 7.22. The molecule has 2 saturated heterocycles. The monoisotopic (exact) mass is 496 g/mol. The van der Waals surface area contributed by atoms with Crippen molar-refractivity contribution < 1.29 is 31.9 Å². The van der Waals surface area contributed by atoms with Crippen molar-refractivity contribution in [2.24, 2.45) is 11.8 Å². The molecule has 2 N–H and O–H groups in total. The molecular weight excluding hydrogens is 472 g/mol. The van der Waals surface area contributed by atoms with E-state index in [0.717, 1.165) is 25.0 Å². The fourth-order valence-electron chi connectivity index (χ4n) is 4.42. The summed E-state index contributed by atoms with van der Waals surface area (Å²) >= 11 is 0. The van der Waals surface area contributed by atoms with E-state index in [-0.39, 0.29) is 35.9 Å². The average molecular weight is 496 g/mol. The van der Waals surface area contributed by atoms with Crippen molar-refractivity contribution in [3.63, 3.8) is 0 Å². The number of fused-ring (bicyclic) bond motifs is 1. The van der Waals surface area contributed by atoms with Crippen LogP contribution in [0.1, 0.15) is 24.1 Å². The van der Waals surface area contributed by atoms with Crippen LogP contribution in [0.4, 0.5) is 22.4 Å². The van der Waals surface area contributed by atoms with E-state index in [0.29, 0.717) is 31.9 Å². The van der Waals surface area contributed by atoms with Crippen LogP contribution in [0.15, 0.2) is 30.5 Å². The van der Waals surface area contributed by atoms with E-state index in [1.165, 1.54) is 18.2 Å². The quantitative estimate of drug-likeness (QED) is 0.490. The van der Waals surface area contributed by atoms with Gasteiger partial charge < -0.3 is 19.9 Å². The normalized spacial score (nSPS) is 20.6. The van der Waals surface area contributed by atoms with Crippen molar-refractivity contribution in [2.75, 3.05) is 26.2 Å². The number of nitrogens with one attached hydrogen (secondary N) is 2. The Morgan fingerprint density at radius 2 is 1.89 bits per heavy atom. The maximum absolute atomic E-state index is 13.9. The zero-order chi connectivity index (χ0) is 25.0. The maximum atomic E-state index is 13.9.